The molecule has 1 atom stereocenters. The Morgan fingerprint density at radius 2 is 1.71 bits per heavy atom. The van der Waals surface area contributed by atoms with Crippen LogP contribution in [0.5, 0.6) is 0 Å². The fourth-order valence-electron chi connectivity index (χ4n) is 1.000. The van der Waals surface area contributed by atoms with E-state index in [0.717, 1.165) is 24.3 Å². The van der Waals surface area contributed by atoms with Crippen LogP contribution in [0.4, 0.5) is 13.2 Å². The van der Waals surface area contributed by atoms with Crippen LogP contribution < -0.4 is 0 Å². The van der Waals surface area contributed by atoms with Crippen LogP contribution in [0.15, 0.2) is 29.2 Å². The lowest BCUT2D eigenvalue weighted by Crippen LogP contribution is -2.35. The minimum absolute atomic E-state index is 0.106. The second kappa shape index (κ2) is 4.66. The van der Waals surface area contributed by atoms with Gasteiger partial charge in [-0.05, 0) is 12.1 Å². The lowest BCUT2D eigenvalue weighted by atomic mass is 10.2. The van der Waals surface area contributed by atoms with Crippen molar-refractivity contribution in [3.05, 3.63) is 29.8 Å². The van der Waals surface area contributed by atoms with Crippen molar-refractivity contribution in [1.29, 1.82) is 0 Å². The van der Waals surface area contributed by atoms with Gasteiger partial charge in [-0.15, -0.1) is 0 Å². The molecular weight excluding hydrogens is 281 g/mol. The van der Waals surface area contributed by atoms with Gasteiger partial charge in [-0.3, -0.25) is 4.79 Å². The zero-order valence-electron chi connectivity index (χ0n) is 8.11. The summed E-state index contributed by atoms with van der Waals surface area (Å²) < 4.78 is 61.1. The predicted octanol–water partition coefficient (Wildman–Crippen LogP) is 2.40. The predicted molar refractivity (Wildman–Crippen MR) is 54.7 cm³/mol. The van der Waals surface area contributed by atoms with Gasteiger partial charge in [0, 0.05) is 5.56 Å². The van der Waals surface area contributed by atoms with Crippen molar-refractivity contribution < 1.29 is 26.4 Å². The van der Waals surface area contributed by atoms with Gasteiger partial charge in [0.15, 0.2) is 0 Å². The maximum absolute atomic E-state index is 13.0. The molecule has 0 aliphatic heterocycles. The second-order valence-corrected chi connectivity index (χ2v) is 5.46. The molecule has 1 aromatic carbocycles. The third kappa shape index (κ3) is 2.44. The number of rotatable bonds is 4. The molecule has 0 aromatic heterocycles. The molecule has 0 spiro atoms. The van der Waals surface area contributed by atoms with Crippen LogP contribution in [-0.4, -0.2) is 25.6 Å². The molecule has 94 valence electrons. The normalized spacial score (nSPS) is 14.4. The Hall–Kier alpha value is -1.08. The van der Waals surface area contributed by atoms with Crippen molar-refractivity contribution in [3.8, 4) is 0 Å². The molecule has 0 aliphatic rings. The lowest BCUT2D eigenvalue weighted by Gasteiger charge is -2.16. The first-order valence-electron chi connectivity index (χ1n) is 4.19. The van der Waals surface area contributed by atoms with Crippen molar-refractivity contribution >= 4 is 27.7 Å². The van der Waals surface area contributed by atoms with E-state index in [1.54, 1.807) is 0 Å². The highest BCUT2D eigenvalue weighted by molar-refractivity contribution is 7.92. The summed E-state index contributed by atoms with van der Waals surface area (Å²) in [6.45, 7) is 0. The smallest absolute Gasteiger partial charge is 0.298 e. The molecular formula is C9H6ClF3O3S. The third-order valence-electron chi connectivity index (χ3n) is 1.94. The fourth-order valence-corrected chi connectivity index (χ4v) is 2.40. The van der Waals surface area contributed by atoms with Gasteiger partial charge in [0.2, 0.25) is 9.84 Å². The molecule has 1 rings (SSSR count). The topological polar surface area (TPSA) is 51.2 Å². The van der Waals surface area contributed by atoms with Gasteiger partial charge in [-0.25, -0.2) is 12.8 Å². The molecule has 0 fully saturated rings. The molecule has 0 heterocycles. The molecule has 8 heteroatoms. The summed E-state index contributed by atoms with van der Waals surface area (Å²) >= 11 is 4.51. The summed E-state index contributed by atoms with van der Waals surface area (Å²) in [6, 6.07) is 3.62. The minimum Gasteiger partial charge on any atom is -0.298 e. The number of aldehydes is 1. The Bertz CT molecular complexity index is 511. The van der Waals surface area contributed by atoms with Crippen molar-refractivity contribution in [3.63, 3.8) is 0 Å². The van der Waals surface area contributed by atoms with E-state index in [-0.39, 0.29) is 5.56 Å². The van der Waals surface area contributed by atoms with Crippen LogP contribution in [0.1, 0.15) is 10.4 Å². The lowest BCUT2D eigenvalue weighted by molar-refractivity contribution is 0.0423. The Morgan fingerprint density at radius 3 is 2.06 bits per heavy atom. The molecule has 1 aromatic rings. The maximum atomic E-state index is 13.0. The van der Waals surface area contributed by atoms with E-state index in [2.05, 4.69) is 11.6 Å². The fraction of sp³-hybridized carbons (Fsp3) is 0.222. The third-order valence-corrected chi connectivity index (χ3v) is 4.16. The SMILES string of the molecule is O=Cc1ccc(S(=O)(=O)C(F)(F)C(F)Cl)cc1. The first-order valence-corrected chi connectivity index (χ1v) is 6.11. The summed E-state index contributed by atoms with van der Waals surface area (Å²) in [5.74, 6) is 0. The van der Waals surface area contributed by atoms with Gasteiger partial charge in [-0.2, -0.15) is 8.78 Å². The van der Waals surface area contributed by atoms with Crippen LogP contribution in [0.3, 0.4) is 0 Å². The number of alkyl halides is 4. The maximum Gasteiger partial charge on any atom is 0.393 e. The number of carbonyl (C=O) groups is 1. The minimum atomic E-state index is -5.22. The van der Waals surface area contributed by atoms with E-state index in [1.807, 2.05) is 0 Å². The van der Waals surface area contributed by atoms with Gasteiger partial charge in [0.1, 0.15) is 6.29 Å². The van der Waals surface area contributed by atoms with Crippen molar-refractivity contribution in [2.24, 2.45) is 0 Å². The Kier molecular flexibility index (Phi) is 3.83. The van der Waals surface area contributed by atoms with Crippen LogP contribution in [-0.2, 0) is 9.84 Å². The Labute approximate surface area is 100 Å². The highest BCUT2D eigenvalue weighted by Gasteiger charge is 2.53. The average Bonchev–Trinajstić information content (AvgIpc) is 2.28. The van der Waals surface area contributed by atoms with Crippen molar-refractivity contribution in [1.82, 2.24) is 0 Å². The average molecular weight is 287 g/mol. The monoisotopic (exact) mass is 286 g/mol. The van der Waals surface area contributed by atoms with Crippen LogP contribution >= 0.6 is 11.6 Å². The molecule has 1 unspecified atom stereocenters. The molecule has 0 N–H and O–H groups in total. The number of carbonyl (C=O) groups excluding carboxylic acids is 1. The number of hydrogen-bond donors (Lipinski definition) is 0. The van der Waals surface area contributed by atoms with Gasteiger partial charge >= 0.3 is 5.25 Å². The second-order valence-electron chi connectivity index (χ2n) is 3.05. The number of hydrogen-bond acceptors (Lipinski definition) is 3. The molecule has 0 aliphatic carbocycles. The van der Waals surface area contributed by atoms with Crippen molar-refractivity contribution in [2.75, 3.05) is 0 Å². The van der Waals surface area contributed by atoms with E-state index >= 15 is 0 Å². The van der Waals surface area contributed by atoms with Gasteiger partial charge in [-0.1, -0.05) is 23.7 Å². The molecule has 0 amide bonds. The van der Waals surface area contributed by atoms with Crippen LogP contribution in [0.2, 0.25) is 0 Å². The Morgan fingerprint density at radius 1 is 1.24 bits per heavy atom. The number of benzene rings is 1. The summed E-state index contributed by atoms with van der Waals surface area (Å²) in [7, 11) is -5.22. The largest absolute Gasteiger partial charge is 0.393 e. The number of halogens is 4. The van der Waals surface area contributed by atoms with E-state index < -0.39 is 25.6 Å². The summed E-state index contributed by atoms with van der Waals surface area (Å²) in [4.78, 5) is 9.49. The molecule has 0 saturated heterocycles. The van der Waals surface area contributed by atoms with Gasteiger partial charge in [0.25, 0.3) is 5.63 Å². The molecule has 3 nitrogen and oxygen atoms in total. The van der Waals surface area contributed by atoms with Crippen LogP contribution in [0, 0.1) is 0 Å². The van der Waals surface area contributed by atoms with Crippen molar-refractivity contribution in [2.45, 2.75) is 15.8 Å². The van der Waals surface area contributed by atoms with Crippen LogP contribution in [0.25, 0.3) is 0 Å². The Balaban J connectivity index is 3.27. The van der Waals surface area contributed by atoms with E-state index in [4.69, 9.17) is 0 Å². The van der Waals surface area contributed by atoms with E-state index in [0.29, 0.717) is 6.29 Å². The molecule has 17 heavy (non-hydrogen) atoms. The summed E-state index contributed by atoms with van der Waals surface area (Å²) in [6.07, 6.45) is 0.411. The van der Waals surface area contributed by atoms with E-state index in [9.17, 15) is 26.4 Å². The standard InChI is InChI=1S/C9H6ClF3O3S/c10-8(11)9(12,13)17(15,16)7-3-1-6(5-14)2-4-7/h1-5,8H. The summed E-state index contributed by atoms with van der Waals surface area (Å²) in [5.41, 5.74) is -3.24. The zero-order chi connectivity index (χ0) is 13.3. The first kappa shape index (κ1) is 14.0. The molecule has 0 bridgehead atoms. The highest BCUT2D eigenvalue weighted by Crippen LogP contribution is 2.35. The van der Waals surface area contributed by atoms with Gasteiger partial charge < -0.3 is 0 Å². The number of sulfone groups is 1. The first-order chi connectivity index (χ1) is 7.73. The summed E-state index contributed by atoms with van der Waals surface area (Å²) in [5, 5.41) is -4.72. The van der Waals surface area contributed by atoms with Gasteiger partial charge in [0.05, 0.1) is 4.90 Å². The van der Waals surface area contributed by atoms with E-state index in [1.165, 1.54) is 0 Å². The zero-order valence-corrected chi connectivity index (χ0v) is 9.68. The quantitative estimate of drug-likeness (QED) is 0.631. The molecule has 0 saturated carbocycles. The highest BCUT2D eigenvalue weighted by atomic mass is 35.5. The molecule has 0 radical (unpaired) electrons.